The van der Waals surface area contributed by atoms with Crippen LogP contribution in [0.1, 0.15) is 0 Å². The number of amides is 1. The molecule has 2 aromatic heterocycles. The summed E-state index contributed by atoms with van der Waals surface area (Å²) < 4.78 is 5.43. The fourth-order valence-corrected chi connectivity index (χ4v) is 2.44. The van der Waals surface area contributed by atoms with Crippen molar-refractivity contribution in [3.05, 3.63) is 58.8 Å². The number of anilines is 1. The highest BCUT2D eigenvalue weighted by atomic mass is 32.2. The minimum atomic E-state index is -0.502. The Morgan fingerprint density at radius 3 is 2.88 bits per heavy atom. The molecule has 1 N–H and O–H groups in total. The third-order valence-electron chi connectivity index (χ3n) is 2.97. The minimum absolute atomic E-state index is 0.0626. The number of nitro benzene ring substituents is 1. The van der Waals surface area contributed by atoms with Crippen molar-refractivity contribution in [2.75, 3.05) is 11.1 Å². The van der Waals surface area contributed by atoms with Gasteiger partial charge < -0.3 is 9.73 Å². The number of carbonyl (C=O) groups is 1. The van der Waals surface area contributed by atoms with E-state index in [1.807, 2.05) is 0 Å². The molecule has 0 spiro atoms. The van der Waals surface area contributed by atoms with E-state index in [4.69, 9.17) is 4.42 Å². The number of non-ortho nitro benzene ring substituents is 1. The van der Waals surface area contributed by atoms with Gasteiger partial charge in [-0.2, -0.15) is 0 Å². The van der Waals surface area contributed by atoms with Crippen molar-refractivity contribution in [1.29, 1.82) is 0 Å². The van der Waals surface area contributed by atoms with Crippen molar-refractivity contribution in [3.8, 4) is 11.5 Å². The second kappa shape index (κ2) is 7.53. The van der Waals surface area contributed by atoms with Gasteiger partial charge in [-0.05, 0) is 18.2 Å². The first kappa shape index (κ1) is 16.6. The molecule has 0 atom stereocenters. The van der Waals surface area contributed by atoms with Crippen LogP contribution in [-0.2, 0) is 4.79 Å². The van der Waals surface area contributed by atoms with E-state index in [9.17, 15) is 14.9 Å². The summed E-state index contributed by atoms with van der Waals surface area (Å²) in [5, 5.41) is 21.3. The Balaban J connectivity index is 1.61. The highest BCUT2D eigenvalue weighted by Crippen LogP contribution is 2.25. The number of carbonyl (C=O) groups excluding carboxylic acids is 1. The molecule has 1 amide bonds. The van der Waals surface area contributed by atoms with Gasteiger partial charge in [0.05, 0.1) is 10.7 Å². The Bertz CT molecular complexity index is 900. The SMILES string of the molecule is O=C(CSc1nnc(-c2cccc([N+](=O)[O-])c2)o1)Nc1ccccn1. The first-order chi connectivity index (χ1) is 12.1. The molecular weight excluding hydrogens is 346 g/mol. The maximum atomic E-state index is 11.8. The second-order valence-electron chi connectivity index (χ2n) is 4.73. The zero-order chi connectivity index (χ0) is 17.6. The van der Waals surface area contributed by atoms with E-state index in [0.29, 0.717) is 11.4 Å². The lowest BCUT2D eigenvalue weighted by Crippen LogP contribution is -2.14. The molecule has 9 nitrogen and oxygen atoms in total. The van der Waals surface area contributed by atoms with E-state index < -0.39 is 4.92 Å². The molecule has 0 unspecified atom stereocenters. The number of benzene rings is 1. The van der Waals surface area contributed by atoms with Crippen LogP contribution in [0.5, 0.6) is 0 Å². The van der Waals surface area contributed by atoms with Crippen molar-refractivity contribution >= 4 is 29.2 Å². The number of aromatic nitrogens is 3. The van der Waals surface area contributed by atoms with Crippen LogP contribution in [0.2, 0.25) is 0 Å². The van der Waals surface area contributed by atoms with Crippen molar-refractivity contribution in [2.24, 2.45) is 0 Å². The van der Waals surface area contributed by atoms with Gasteiger partial charge in [-0.1, -0.05) is 23.9 Å². The summed E-state index contributed by atoms with van der Waals surface area (Å²) in [7, 11) is 0. The Kier molecular flexibility index (Phi) is 5.00. The molecule has 0 radical (unpaired) electrons. The van der Waals surface area contributed by atoms with Crippen molar-refractivity contribution in [3.63, 3.8) is 0 Å². The van der Waals surface area contributed by atoms with Crippen LogP contribution in [0.3, 0.4) is 0 Å². The first-order valence-electron chi connectivity index (χ1n) is 7.04. The van der Waals surface area contributed by atoms with Crippen LogP contribution < -0.4 is 5.32 Å². The van der Waals surface area contributed by atoms with Gasteiger partial charge in [0.2, 0.25) is 11.8 Å². The highest BCUT2D eigenvalue weighted by molar-refractivity contribution is 7.99. The molecule has 3 aromatic rings. The summed E-state index contributed by atoms with van der Waals surface area (Å²) in [6.07, 6.45) is 1.58. The molecule has 0 fully saturated rings. The summed E-state index contributed by atoms with van der Waals surface area (Å²) in [5.41, 5.74) is 0.367. The lowest BCUT2D eigenvalue weighted by molar-refractivity contribution is -0.384. The quantitative estimate of drug-likeness (QED) is 0.406. The number of thioether (sulfide) groups is 1. The van der Waals surface area contributed by atoms with Crippen LogP contribution in [0.15, 0.2) is 58.3 Å². The largest absolute Gasteiger partial charge is 0.411 e. The van der Waals surface area contributed by atoms with E-state index in [-0.39, 0.29) is 28.5 Å². The predicted octanol–water partition coefficient (Wildman–Crippen LogP) is 2.77. The lowest BCUT2D eigenvalue weighted by Gasteiger charge is -2.01. The van der Waals surface area contributed by atoms with E-state index in [1.165, 1.54) is 18.2 Å². The van der Waals surface area contributed by atoms with Gasteiger partial charge in [-0.25, -0.2) is 4.98 Å². The summed E-state index contributed by atoms with van der Waals surface area (Å²) >= 11 is 1.06. The molecule has 3 rings (SSSR count). The van der Waals surface area contributed by atoms with E-state index in [1.54, 1.807) is 30.5 Å². The molecule has 0 saturated heterocycles. The molecule has 0 aliphatic rings. The van der Waals surface area contributed by atoms with E-state index in [2.05, 4.69) is 20.5 Å². The Morgan fingerprint density at radius 2 is 2.12 bits per heavy atom. The number of hydrogen-bond donors (Lipinski definition) is 1. The second-order valence-corrected chi connectivity index (χ2v) is 5.66. The van der Waals surface area contributed by atoms with Crippen molar-refractivity contribution < 1.29 is 14.1 Å². The third kappa shape index (κ3) is 4.38. The summed E-state index contributed by atoms with van der Waals surface area (Å²) in [6.45, 7) is 0. The number of hydrogen-bond acceptors (Lipinski definition) is 8. The number of nitro groups is 1. The number of nitrogens with one attached hydrogen (secondary N) is 1. The fraction of sp³-hybridized carbons (Fsp3) is 0.0667. The number of rotatable bonds is 6. The number of nitrogens with zero attached hydrogens (tertiary/aromatic N) is 4. The zero-order valence-corrected chi connectivity index (χ0v) is 13.5. The van der Waals surface area contributed by atoms with E-state index in [0.717, 1.165) is 11.8 Å². The molecule has 2 heterocycles. The van der Waals surface area contributed by atoms with E-state index >= 15 is 0 Å². The standard InChI is InChI=1S/C15H11N5O4S/c21-13(17-12-6-1-2-7-16-12)9-25-15-19-18-14(24-15)10-4-3-5-11(8-10)20(22)23/h1-8H,9H2,(H,16,17,21). The highest BCUT2D eigenvalue weighted by Gasteiger charge is 2.14. The van der Waals surface area contributed by atoms with Crippen LogP contribution in [0, 0.1) is 10.1 Å². The number of pyridine rings is 1. The maximum absolute atomic E-state index is 11.8. The van der Waals surface area contributed by atoms with Crippen molar-refractivity contribution in [2.45, 2.75) is 5.22 Å². The Hall–Kier alpha value is -3.27. The van der Waals surface area contributed by atoms with Crippen LogP contribution in [-0.4, -0.2) is 31.8 Å². The van der Waals surface area contributed by atoms with Gasteiger partial charge >= 0.3 is 0 Å². The van der Waals surface area contributed by atoms with Crippen molar-refractivity contribution in [1.82, 2.24) is 15.2 Å². The fourth-order valence-electron chi connectivity index (χ4n) is 1.88. The van der Waals surface area contributed by atoms with Gasteiger partial charge in [0.25, 0.3) is 10.9 Å². The normalized spacial score (nSPS) is 10.4. The zero-order valence-electron chi connectivity index (χ0n) is 12.7. The predicted molar refractivity (Wildman–Crippen MR) is 90.0 cm³/mol. The first-order valence-corrected chi connectivity index (χ1v) is 8.02. The third-order valence-corrected chi connectivity index (χ3v) is 3.79. The van der Waals surface area contributed by atoms with Crippen LogP contribution in [0.4, 0.5) is 11.5 Å². The van der Waals surface area contributed by atoms with Gasteiger partial charge in [0.1, 0.15) is 5.82 Å². The van der Waals surface area contributed by atoms with Gasteiger partial charge in [0, 0.05) is 23.9 Å². The minimum Gasteiger partial charge on any atom is -0.411 e. The van der Waals surface area contributed by atoms with Gasteiger partial charge in [-0.3, -0.25) is 14.9 Å². The molecule has 1 aromatic carbocycles. The molecule has 10 heteroatoms. The van der Waals surface area contributed by atoms with Crippen LogP contribution >= 0.6 is 11.8 Å². The molecule has 126 valence electrons. The molecule has 25 heavy (non-hydrogen) atoms. The summed E-state index contributed by atoms with van der Waals surface area (Å²) in [6, 6.07) is 11.1. The Morgan fingerprint density at radius 1 is 1.24 bits per heavy atom. The average molecular weight is 357 g/mol. The molecule has 0 aliphatic carbocycles. The smallest absolute Gasteiger partial charge is 0.277 e. The van der Waals surface area contributed by atoms with Gasteiger partial charge in [0.15, 0.2) is 0 Å². The molecule has 0 bridgehead atoms. The summed E-state index contributed by atoms with van der Waals surface area (Å²) in [4.78, 5) is 26.1. The molecule has 0 aliphatic heterocycles. The maximum Gasteiger partial charge on any atom is 0.277 e. The lowest BCUT2D eigenvalue weighted by atomic mass is 10.2. The van der Waals surface area contributed by atoms with Crippen LogP contribution in [0.25, 0.3) is 11.5 Å². The topological polar surface area (TPSA) is 124 Å². The Labute approximate surface area is 145 Å². The summed E-state index contributed by atoms with van der Waals surface area (Å²) in [5.74, 6) is 0.402. The average Bonchev–Trinajstić information content (AvgIpc) is 3.10. The molecular formula is C15H11N5O4S. The monoisotopic (exact) mass is 357 g/mol. The molecule has 0 saturated carbocycles. The van der Waals surface area contributed by atoms with Gasteiger partial charge in [-0.15, -0.1) is 10.2 Å².